The minimum atomic E-state index is -0.545. The van der Waals surface area contributed by atoms with Crippen molar-refractivity contribution < 1.29 is 14.9 Å². The third-order valence-electron chi connectivity index (χ3n) is 4.75. The number of aliphatic hydroxyl groups excluding tert-OH is 2. The van der Waals surface area contributed by atoms with Gasteiger partial charge in [-0.25, -0.2) is 0 Å². The van der Waals surface area contributed by atoms with E-state index < -0.39 is 12.2 Å². The molecule has 3 unspecified atom stereocenters. The number of methoxy groups -OCH3 is 1. The van der Waals surface area contributed by atoms with Crippen molar-refractivity contribution in [2.24, 2.45) is 23.7 Å². The Hall–Kier alpha value is -0.380. The molecule has 3 nitrogen and oxygen atoms in total. The maximum Gasteiger partial charge on any atom is 0.0830 e. The van der Waals surface area contributed by atoms with Crippen molar-refractivity contribution in [2.75, 3.05) is 13.7 Å². The molecular weight excluding hydrogens is 216 g/mol. The third kappa shape index (κ3) is 2.42. The van der Waals surface area contributed by atoms with Crippen molar-refractivity contribution >= 4 is 0 Å². The second-order valence-electron chi connectivity index (χ2n) is 5.86. The maximum absolute atomic E-state index is 10.1. The molecule has 0 radical (unpaired) electrons. The van der Waals surface area contributed by atoms with E-state index in [1.165, 1.54) is 0 Å². The molecule has 0 amide bonds. The highest BCUT2D eigenvalue weighted by atomic mass is 16.5. The fraction of sp³-hybridized carbons (Fsp3) is 0.857. The number of hydrogen-bond donors (Lipinski definition) is 2. The van der Waals surface area contributed by atoms with Gasteiger partial charge in [0.15, 0.2) is 0 Å². The lowest BCUT2D eigenvalue weighted by Crippen LogP contribution is -2.43. The summed E-state index contributed by atoms with van der Waals surface area (Å²) >= 11 is 0. The molecule has 0 aromatic carbocycles. The third-order valence-corrected chi connectivity index (χ3v) is 4.75. The molecule has 3 heteroatoms. The fourth-order valence-electron chi connectivity index (χ4n) is 3.77. The first-order valence-electron chi connectivity index (χ1n) is 6.57. The molecule has 2 aliphatic rings. The van der Waals surface area contributed by atoms with Crippen molar-refractivity contribution in [1.82, 2.24) is 0 Å². The molecule has 17 heavy (non-hydrogen) atoms. The normalized spacial score (nSPS) is 45.6. The standard InChI is InChI=1S/C14H24O3/c1-8-4-13(15)14(16)12-6-10(5-11(8)12)9(2)7-17-3/h8,10-16H,2,4-7H2,1,3H3/t8?,10-,11?,12?,13+,14-/m0/s1. The van der Waals surface area contributed by atoms with E-state index in [2.05, 4.69) is 13.5 Å². The van der Waals surface area contributed by atoms with E-state index in [4.69, 9.17) is 4.74 Å². The van der Waals surface area contributed by atoms with Gasteiger partial charge in [0.2, 0.25) is 0 Å². The zero-order valence-corrected chi connectivity index (χ0v) is 10.8. The van der Waals surface area contributed by atoms with E-state index >= 15 is 0 Å². The lowest BCUT2D eigenvalue weighted by Gasteiger charge is -2.38. The minimum absolute atomic E-state index is 0.243. The Morgan fingerprint density at radius 2 is 1.88 bits per heavy atom. The molecule has 2 fully saturated rings. The molecule has 6 atom stereocenters. The summed E-state index contributed by atoms with van der Waals surface area (Å²) in [6, 6.07) is 0. The van der Waals surface area contributed by atoms with E-state index in [1.54, 1.807) is 7.11 Å². The van der Waals surface area contributed by atoms with Crippen LogP contribution < -0.4 is 0 Å². The van der Waals surface area contributed by atoms with Gasteiger partial charge < -0.3 is 14.9 Å². The van der Waals surface area contributed by atoms with Crippen LogP contribution in [0.15, 0.2) is 12.2 Å². The maximum atomic E-state index is 10.1. The molecule has 0 aromatic rings. The Balaban J connectivity index is 2.05. The Morgan fingerprint density at radius 1 is 1.24 bits per heavy atom. The fourth-order valence-corrected chi connectivity index (χ4v) is 3.77. The van der Waals surface area contributed by atoms with E-state index in [-0.39, 0.29) is 5.92 Å². The highest BCUT2D eigenvalue weighted by molar-refractivity contribution is 5.09. The zero-order valence-electron chi connectivity index (χ0n) is 10.8. The number of fused-ring (bicyclic) bond motifs is 1. The lowest BCUT2D eigenvalue weighted by atomic mass is 9.72. The summed E-state index contributed by atoms with van der Waals surface area (Å²) in [5.74, 6) is 1.73. The van der Waals surface area contributed by atoms with Gasteiger partial charge in [0, 0.05) is 7.11 Å². The molecule has 2 N–H and O–H groups in total. The average Bonchev–Trinajstić information content (AvgIpc) is 2.72. The number of rotatable bonds is 3. The van der Waals surface area contributed by atoms with Crippen molar-refractivity contribution in [3.05, 3.63) is 12.2 Å². The monoisotopic (exact) mass is 240 g/mol. The van der Waals surface area contributed by atoms with Crippen LogP contribution in [-0.4, -0.2) is 36.1 Å². The first-order valence-corrected chi connectivity index (χ1v) is 6.57. The van der Waals surface area contributed by atoms with Gasteiger partial charge in [-0.05, 0) is 48.5 Å². The predicted molar refractivity (Wildman–Crippen MR) is 66.5 cm³/mol. The van der Waals surface area contributed by atoms with Crippen molar-refractivity contribution in [3.63, 3.8) is 0 Å². The topological polar surface area (TPSA) is 49.7 Å². The summed E-state index contributed by atoms with van der Waals surface area (Å²) in [6.07, 6.45) is 1.69. The van der Waals surface area contributed by atoms with Crippen molar-refractivity contribution in [2.45, 2.75) is 38.4 Å². The van der Waals surface area contributed by atoms with Crippen LogP contribution in [0.2, 0.25) is 0 Å². The molecular formula is C14H24O3. The van der Waals surface area contributed by atoms with Gasteiger partial charge in [0.1, 0.15) is 0 Å². The van der Waals surface area contributed by atoms with Gasteiger partial charge in [-0.3, -0.25) is 0 Å². The van der Waals surface area contributed by atoms with Crippen LogP contribution in [0.25, 0.3) is 0 Å². The zero-order chi connectivity index (χ0) is 12.6. The van der Waals surface area contributed by atoms with E-state index in [1.807, 2.05) is 0 Å². The van der Waals surface area contributed by atoms with Crippen LogP contribution in [0.3, 0.4) is 0 Å². The first-order chi connectivity index (χ1) is 8.04. The van der Waals surface area contributed by atoms with Gasteiger partial charge in [0.05, 0.1) is 18.8 Å². The summed E-state index contributed by atoms with van der Waals surface area (Å²) in [4.78, 5) is 0. The molecule has 0 aromatic heterocycles. The number of aliphatic hydroxyl groups is 2. The summed E-state index contributed by atoms with van der Waals surface area (Å²) in [6.45, 7) is 6.88. The van der Waals surface area contributed by atoms with Crippen LogP contribution in [0.5, 0.6) is 0 Å². The lowest BCUT2D eigenvalue weighted by molar-refractivity contribution is -0.0770. The van der Waals surface area contributed by atoms with Crippen molar-refractivity contribution in [1.29, 1.82) is 0 Å². The summed E-state index contributed by atoms with van der Waals surface area (Å²) in [5.41, 5.74) is 1.13. The molecule has 2 aliphatic carbocycles. The second-order valence-corrected chi connectivity index (χ2v) is 5.86. The highest BCUT2D eigenvalue weighted by Gasteiger charge is 2.47. The van der Waals surface area contributed by atoms with E-state index in [9.17, 15) is 10.2 Å². The van der Waals surface area contributed by atoms with Gasteiger partial charge in [-0.2, -0.15) is 0 Å². The Labute approximate surface area is 103 Å². The molecule has 2 saturated carbocycles. The SMILES string of the molecule is C=C(COC)[C@H]1CC2C(C)C[C@@H](O)[C@@H](O)C2C1. The largest absolute Gasteiger partial charge is 0.390 e. The smallest absolute Gasteiger partial charge is 0.0830 e. The number of ether oxygens (including phenoxy) is 1. The quantitative estimate of drug-likeness (QED) is 0.737. The van der Waals surface area contributed by atoms with E-state index in [0.29, 0.717) is 24.4 Å². The first kappa shape index (κ1) is 13.1. The second kappa shape index (κ2) is 5.09. The molecule has 0 saturated heterocycles. The summed E-state index contributed by atoms with van der Waals surface area (Å²) in [7, 11) is 1.69. The average molecular weight is 240 g/mol. The molecule has 0 heterocycles. The van der Waals surface area contributed by atoms with Crippen molar-refractivity contribution in [3.8, 4) is 0 Å². The van der Waals surface area contributed by atoms with Crippen LogP contribution in [0, 0.1) is 23.7 Å². The molecule has 0 bridgehead atoms. The molecule has 98 valence electrons. The molecule has 0 aliphatic heterocycles. The van der Waals surface area contributed by atoms with Gasteiger partial charge in [-0.1, -0.05) is 13.5 Å². The van der Waals surface area contributed by atoms with Gasteiger partial charge >= 0.3 is 0 Å². The summed E-state index contributed by atoms with van der Waals surface area (Å²) < 4.78 is 5.13. The van der Waals surface area contributed by atoms with Gasteiger partial charge in [-0.15, -0.1) is 0 Å². The van der Waals surface area contributed by atoms with Gasteiger partial charge in [0.25, 0.3) is 0 Å². The minimum Gasteiger partial charge on any atom is -0.390 e. The van der Waals surface area contributed by atoms with E-state index in [0.717, 1.165) is 24.8 Å². The Kier molecular flexibility index (Phi) is 3.91. The highest BCUT2D eigenvalue weighted by Crippen LogP contribution is 2.49. The predicted octanol–water partition coefficient (Wildman–Crippen LogP) is 1.59. The number of hydrogen-bond acceptors (Lipinski definition) is 3. The summed E-state index contributed by atoms with van der Waals surface area (Å²) in [5, 5.41) is 19.9. The Morgan fingerprint density at radius 3 is 2.53 bits per heavy atom. The van der Waals surface area contributed by atoms with Crippen LogP contribution in [-0.2, 0) is 4.74 Å². The molecule has 0 spiro atoms. The van der Waals surface area contributed by atoms with Crippen LogP contribution in [0.1, 0.15) is 26.2 Å². The van der Waals surface area contributed by atoms with Crippen LogP contribution in [0.4, 0.5) is 0 Å². The molecule has 2 rings (SSSR count). The van der Waals surface area contributed by atoms with Crippen LogP contribution >= 0.6 is 0 Å². The Bertz CT molecular complexity index is 289.